The zero-order valence-electron chi connectivity index (χ0n) is 21.5. The molecule has 198 valence electrons. The van der Waals surface area contributed by atoms with Gasteiger partial charge in [0, 0.05) is 51.9 Å². The number of hydrogen-bond acceptors (Lipinski definition) is 7. The number of aryl methyl sites for hydroxylation is 1. The van der Waals surface area contributed by atoms with Gasteiger partial charge in [-0.05, 0) is 61.0 Å². The first-order chi connectivity index (χ1) is 18.3. The van der Waals surface area contributed by atoms with E-state index in [1.165, 1.54) is 33.7 Å². The van der Waals surface area contributed by atoms with Gasteiger partial charge in [0.2, 0.25) is 0 Å². The number of piperazine rings is 1. The van der Waals surface area contributed by atoms with E-state index in [0.717, 1.165) is 43.4 Å². The normalized spacial score (nSPS) is 14.5. The summed E-state index contributed by atoms with van der Waals surface area (Å²) in [6.07, 6.45) is 0. The second-order valence-corrected chi connectivity index (χ2v) is 12.4. The highest BCUT2D eigenvalue weighted by Crippen LogP contribution is 2.30. The summed E-state index contributed by atoms with van der Waals surface area (Å²) in [5.74, 6) is -0.214. The fourth-order valence-electron chi connectivity index (χ4n) is 4.46. The van der Waals surface area contributed by atoms with Crippen LogP contribution in [0.3, 0.4) is 0 Å². The standard InChI is InChI=1S/C28H31N5O3S2/c1-21-8-13-25-26(20-21)37-28(30-25)33-18-16-32(17-19-33)15-14-29-27(34)22-9-11-24(12-10-22)38(35,36)31(2)23-6-4-3-5-7-23/h3-13,20H,14-19H2,1-2H3,(H,29,34). The van der Waals surface area contributed by atoms with Gasteiger partial charge in [0.25, 0.3) is 15.9 Å². The third kappa shape index (κ3) is 5.67. The molecule has 0 unspecified atom stereocenters. The lowest BCUT2D eigenvalue weighted by atomic mass is 10.2. The minimum Gasteiger partial charge on any atom is -0.351 e. The Morgan fingerprint density at radius 1 is 1.00 bits per heavy atom. The van der Waals surface area contributed by atoms with Crippen molar-refractivity contribution >= 4 is 48.3 Å². The van der Waals surface area contributed by atoms with Crippen LogP contribution in [0, 0.1) is 6.92 Å². The number of nitrogens with one attached hydrogen (secondary N) is 1. The molecule has 0 atom stereocenters. The lowest BCUT2D eigenvalue weighted by Crippen LogP contribution is -2.48. The topological polar surface area (TPSA) is 85.9 Å². The maximum Gasteiger partial charge on any atom is 0.264 e. The minimum atomic E-state index is -3.71. The van der Waals surface area contributed by atoms with Crippen LogP contribution >= 0.6 is 11.3 Å². The monoisotopic (exact) mass is 549 g/mol. The molecule has 5 rings (SSSR count). The number of para-hydroxylation sites is 1. The lowest BCUT2D eigenvalue weighted by Gasteiger charge is -2.34. The molecule has 1 aliphatic rings. The van der Waals surface area contributed by atoms with Crippen molar-refractivity contribution in [3.05, 3.63) is 83.9 Å². The summed E-state index contributed by atoms with van der Waals surface area (Å²) in [5, 5.41) is 4.02. The number of nitrogens with zero attached hydrogens (tertiary/aromatic N) is 4. The number of benzene rings is 3. The quantitative estimate of drug-likeness (QED) is 0.358. The summed E-state index contributed by atoms with van der Waals surface area (Å²) in [6, 6.07) is 21.3. The molecule has 38 heavy (non-hydrogen) atoms. The van der Waals surface area contributed by atoms with Gasteiger partial charge >= 0.3 is 0 Å². The van der Waals surface area contributed by atoms with Crippen LogP contribution in [0.15, 0.2) is 77.7 Å². The second kappa shape index (κ2) is 11.1. The molecule has 0 spiro atoms. The summed E-state index contributed by atoms with van der Waals surface area (Å²) in [7, 11) is -2.19. The summed E-state index contributed by atoms with van der Waals surface area (Å²) in [4.78, 5) is 22.3. The van der Waals surface area contributed by atoms with E-state index >= 15 is 0 Å². The molecule has 0 bridgehead atoms. The van der Waals surface area contributed by atoms with Gasteiger partial charge in [0.05, 0.1) is 20.8 Å². The lowest BCUT2D eigenvalue weighted by molar-refractivity contribution is 0.0947. The number of carbonyl (C=O) groups is 1. The first-order valence-corrected chi connectivity index (χ1v) is 14.8. The highest BCUT2D eigenvalue weighted by Gasteiger charge is 2.22. The summed E-state index contributed by atoms with van der Waals surface area (Å²) < 4.78 is 28.4. The Hall–Kier alpha value is -3.47. The largest absolute Gasteiger partial charge is 0.351 e. The Balaban J connectivity index is 1.10. The summed E-state index contributed by atoms with van der Waals surface area (Å²) in [6.45, 7) is 7.00. The van der Waals surface area contributed by atoms with Crippen molar-refractivity contribution in [1.29, 1.82) is 0 Å². The molecular formula is C28H31N5O3S2. The Labute approximate surface area is 227 Å². The minimum absolute atomic E-state index is 0.140. The van der Waals surface area contributed by atoms with E-state index in [-0.39, 0.29) is 10.8 Å². The molecule has 10 heteroatoms. The van der Waals surface area contributed by atoms with Crippen molar-refractivity contribution in [2.75, 3.05) is 55.5 Å². The molecular weight excluding hydrogens is 518 g/mol. The predicted octanol–water partition coefficient (Wildman–Crippen LogP) is 3.98. The van der Waals surface area contributed by atoms with Crippen molar-refractivity contribution in [1.82, 2.24) is 15.2 Å². The van der Waals surface area contributed by atoms with Gasteiger partial charge < -0.3 is 10.2 Å². The van der Waals surface area contributed by atoms with Crippen molar-refractivity contribution in [2.24, 2.45) is 0 Å². The number of sulfonamides is 1. The number of anilines is 2. The average Bonchev–Trinajstić information content (AvgIpc) is 3.36. The van der Waals surface area contributed by atoms with Crippen LogP contribution in [0.5, 0.6) is 0 Å². The van der Waals surface area contributed by atoms with E-state index in [1.54, 1.807) is 47.7 Å². The van der Waals surface area contributed by atoms with E-state index in [9.17, 15) is 13.2 Å². The third-order valence-corrected chi connectivity index (χ3v) is 9.66. The second-order valence-electron chi connectivity index (χ2n) is 9.38. The Kier molecular flexibility index (Phi) is 7.64. The molecule has 1 amide bonds. The number of aromatic nitrogens is 1. The molecule has 0 saturated carbocycles. The van der Waals surface area contributed by atoms with Gasteiger partial charge in [-0.15, -0.1) is 0 Å². The molecule has 1 saturated heterocycles. The van der Waals surface area contributed by atoms with Crippen LogP contribution < -0.4 is 14.5 Å². The highest BCUT2D eigenvalue weighted by molar-refractivity contribution is 7.92. The van der Waals surface area contributed by atoms with Crippen LogP contribution in [0.4, 0.5) is 10.8 Å². The van der Waals surface area contributed by atoms with Crippen LogP contribution in [-0.2, 0) is 10.0 Å². The zero-order chi connectivity index (χ0) is 26.7. The van der Waals surface area contributed by atoms with Gasteiger partial charge in [-0.25, -0.2) is 13.4 Å². The van der Waals surface area contributed by atoms with Crippen LogP contribution in [0.2, 0.25) is 0 Å². The van der Waals surface area contributed by atoms with E-state index in [2.05, 4.69) is 40.2 Å². The first-order valence-electron chi connectivity index (χ1n) is 12.6. The SMILES string of the molecule is Cc1ccc2nc(N3CCN(CCNC(=O)c4ccc(S(=O)(=O)N(C)c5ccccc5)cc4)CC3)sc2c1. The fraction of sp³-hybridized carbons (Fsp3) is 0.286. The van der Waals surface area contributed by atoms with E-state index in [0.29, 0.717) is 17.8 Å². The molecule has 8 nitrogen and oxygen atoms in total. The Morgan fingerprint density at radius 3 is 2.42 bits per heavy atom. The molecule has 4 aromatic rings. The average molecular weight is 550 g/mol. The zero-order valence-corrected chi connectivity index (χ0v) is 23.1. The maximum atomic E-state index is 12.9. The number of hydrogen-bond donors (Lipinski definition) is 1. The molecule has 1 fully saturated rings. The van der Waals surface area contributed by atoms with E-state index < -0.39 is 10.0 Å². The van der Waals surface area contributed by atoms with E-state index in [1.807, 2.05) is 6.07 Å². The fourth-order valence-corrected chi connectivity index (χ4v) is 6.77. The number of fused-ring (bicyclic) bond motifs is 1. The van der Waals surface area contributed by atoms with Gasteiger partial charge in [0.15, 0.2) is 5.13 Å². The van der Waals surface area contributed by atoms with Crippen LogP contribution in [-0.4, -0.2) is 70.5 Å². The molecule has 0 radical (unpaired) electrons. The molecule has 2 heterocycles. The molecule has 0 aliphatic carbocycles. The molecule has 1 N–H and O–H groups in total. The number of rotatable bonds is 8. The Morgan fingerprint density at radius 2 is 1.71 bits per heavy atom. The predicted molar refractivity (Wildman–Crippen MR) is 154 cm³/mol. The van der Waals surface area contributed by atoms with Gasteiger partial charge in [-0.1, -0.05) is 35.6 Å². The van der Waals surface area contributed by atoms with Crippen molar-refractivity contribution in [3.8, 4) is 0 Å². The third-order valence-electron chi connectivity index (χ3n) is 6.78. The van der Waals surface area contributed by atoms with Crippen molar-refractivity contribution in [2.45, 2.75) is 11.8 Å². The van der Waals surface area contributed by atoms with Crippen molar-refractivity contribution in [3.63, 3.8) is 0 Å². The molecule has 1 aromatic heterocycles. The smallest absolute Gasteiger partial charge is 0.264 e. The van der Waals surface area contributed by atoms with Gasteiger partial charge in [-0.3, -0.25) is 14.0 Å². The summed E-state index contributed by atoms with van der Waals surface area (Å²) >= 11 is 1.74. The Bertz CT molecular complexity index is 1510. The van der Waals surface area contributed by atoms with E-state index in [4.69, 9.17) is 4.98 Å². The number of carbonyl (C=O) groups excluding carboxylic acids is 1. The summed E-state index contributed by atoms with van der Waals surface area (Å²) in [5.41, 5.74) is 3.30. The van der Waals surface area contributed by atoms with Crippen LogP contribution in [0.25, 0.3) is 10.2 Å². The number of amides is 1. The van der Waals surface area contributed by atoms with Crippen molar-refractivity contribution < 1.29 is 13.2 Å². The van der Waals surface area contributed by atoms with Crippen LogP contribution in [0.1, 0.15) is 15.9 Å². The maximum absolute atomic E-state index is 12.9. The number of thiazole rings is 1. The van der Waals surface area contributed by atoms with Gasteiger partial charge in [-0.2, -0.15) is 0 Å². The first kappa shape index (κ1) is 26.1. The molecule has 3 aromatic carbocycles. The molecule has 1 aliphatic heterocycles. The highest BCUT2D eigenvalue weighted by atomic mass is 32.2. The van der Waals surface area contributed by atoms with Gasteiger partial charge in [0.1, 0.15) is 0 Å².